The van der Waals surface area contributed by atoms with Gasteiger partial charge in [-0.15, -0.1) is 11.3 Å². The van der Waals surface area contributed by atoms with Crippen LogP contribution in [0, 0.1) is 0 Å². The van der Waals surface area contributed by atoms with Crippen LogP contribution in [-0.4, -0.2) is 11.7 Å². The zero-order valence-electron chi connectivity index (χ0n) is 9.76. The molecule has 0 atom stereocenters. The number of hydrogen-bond donors (Lipinski definition) is 1. The Morgan fingerprint density at radius 3 is 2.79 bits per heavy atom. The fourth-order valence-electron chi connectivity index (χ4n) is 1.74. The number of amides is 1. The Hall–Kier alpha value is -1.91. The molecule has 94 valence electrons. The van der Waals surface area contributed by atoms with Gasteiger partial charge in [0.15, 0.2) is 5.84 Å². The van der Waals surface area contributed by atoms with Crippen molar-refractivity contribution in [1.29, 1.82) is 0 Å². The quantitative estimate of drug-likeness (QED) is 0.846. The smallest absolute Gasteiger partial charge is 0.275 e. The summed E-state index contributed by atoms with van der Waals surface area (Å²) in [5, 5.41) is 5.30. The van der Waals surface area contributed by atoms with E-state index in [-0.39, 0.29) is 5.91 Å². The van der Waals surface area contributed by atoms with Crippen molar-refractivity contribution in [3.05, 3.63) is 62.9 Å². The number of rotatable bonds is 2. The average Bonchev–Trinajstić information content (AvgIpc) is 3.02. The van der Waals surface area contributed by atoms with Crippen LogP contribution in [0.2, 0.25) is 5.02 Å². The molecule has 0 saturated heterocycles. The second kappa shape index (κ2) is 4.99. The SMILES string of the molecule is O=C1NC(c2cccs2)=N/C1=C\c1ccccc1Cl. The second-order valence-corrected chi connectivity index (χ2v) is 5.30. The summed E-state index contributed by atoms with van der Waals surface area (Å²) >= 11 is 7.60. The highest BCUT2D eigenvalue weighted by molar-refractivity contribution is 7.12. The number of nitrogens with zero attached hydrogens (tertiary/aromatic N) is 1. The molecule has 0 aliphatic carbocycles. The van der Waals surface area contributed by atoms with Crippen molar-refractivity contribution in [2.24, 2.45) is 4.99 Å². The molecule has 5 heteroatoms. The van der Waals surface area contributed by atoms with Crippen LogP contribution in [0.25, 0.3) is 6.08 Å². The van der Waals surface area contributed by atoms with Crippen molar-refractivity contribution in [3.8, 4) is 0 Å². The number of nitrogens with one attached hydrogen (secondary N) is 1. The van der Waals surface area contributed by atoms with Crippen molar-refractivity contribution in [1.82, 2.24) is 5.32 Å². The van der Waals surface area contributed by atoms with Crippen LogP contribution in [0.3, 0.4) is 0 Å². The van der Waals surface area contributed by atoms with Crippen LogP contribution in [-0.2, 0) is 4.79 Å². The van der Waals surface area contributed by atoms with Gasteiger partial charge in [0.2, 0.25) is 0 Å². The third kappa shape index (κ3) is 2.45. The Balaban J connectivity index is 1.98. The van der Waals surface area contributed by atoms with Gasteiger partial charge in [0, 0.05) is 5.02 Å². The number of amidine groups is 1. The lowest BCUT2D eigenvalue weighted by atomic mass is 10.2. The molecule has 1 aromatic carbocycles. The van der Waals surface area contributed by atoms with E-state index in [2.05, 4.69) is 10.3 Å². The zero-order chi connectivity index (χ0) is 13.2. The highest BCUT2D eigenvalue weighted by Gasteiger charge is 2.21. The van der Waals surface area contributed by atoms with E-state index in [1.54, 1.807) is 12.1 Å². The van der Waals surface area contributed by atoms with E-state index >= 15 is 0 Å². The number of carbonyl (C=O) groups excluding carboxylic acids is 1. The van der Waals surface area contributed by atoms with Crippen molar-refractivity contribution in [2.45, 2.75) is 0 Å². The minimum Gasteiger partial charge on any atom is -0.304 e. The first-order chi connectivity index (χ1) is 9.24. The van der Waals surface area contributed by atoms with Crippen molar-refractivity contribution in [3.63, 3.8) is 0 Å². The summed E-state index contributed by atoms with van der Waals surface area (Å²) in [6, 6.07) is 11.2. The van der Waals surface area contributed by atoms with Gasteiger partial charge >= 0.3 is 0 Å². The molecule has 0 spiro atoms. The summed E-state index contributed by atoms with van der Waals surface area (Å²) in [4.78, 5) is 17.1. The Bertz CT molecular complexity index is 689. The number of benzene rings is 1. The van der Waals surface area contributed by atoms with Gasteiger partial charge in [-0.25, -0.2) is 4.99 Å². The summed E-state index contributed by atoms with van der Waals surface area (Å²) in [7, 11) is 0. The predicted octanol–water partition coefficient (Wildman–Crippen LogP) is 3.32. The lowest BCUT2D eigenvalue weighted by Crippen LogP contribution is -2.23. The largest absolute Gasteiger partial charge is 0.304 e. The van der Waals surface area contributed by atoms with E-state index < -0.39 is 0 Å². The van der Waals surface area contributed by atoms with E-state index in [0.717, 1.165) is 10.4 Å². The molecule has 1 aliphatic heterocycles. The van der Waals surface area contributed by atoms with E-state index in [0.29, 0.717) is 16.6 Å². The highest BCUT2D eigenvalue weighted by Crippen LogP contribution is 2.21. The maximum Gasteiger partial charge on any atom is 0.275 e. The van der Waals surface area contributed by atoms with E-state index in [9.17, 15) is 4.79 Å². The molecule has 3 nitrogen and oxygen atoms in total. The van der Waals surface area contributed by atoms with E-state index in [1.165, 1.54) is 11.3 Å². The average molecular weight is 289 g/mol. The molecule has 1 aliphatic rings. The summed E-state index contributed by atoms with van der Waals surface area (Å²) < 4.78 is 0. The number of halogens is 1. The minimum absolute atomic E-state index is 0.205. The Morgan fingerprint density at radius 1 is 1.21 bits per heavy atom. The number of aliphatic imine (C=N–C) groups is 1. The number of carbonyl (C=O) groups is 1. The van der Waals surface area contributed by atoms with Gasteiger partial charge in [0.05, 0.1) is 4.88 Å². The van der Waals surface area contributed by atoms with Crippen LogP contribution >= 0.6 is 22.9 Å². The van der Waals surface area contributed by atoms with Crippen molar-refractivity contribution in [2.75, 3.05) is 0 Å². The van der Waals surface area contributed by atoms with E-state index in [1.807, 2.05) is 35.7 Å². The normalized spacial score (nSPS) is 16.6. The molecule has 0 unspecified atom stereocenters. The van der Waals surface area contributed by atoms with Gasteiger partial charge in [-0.3, -0.25) is 4.79 Å². The standard InChI is InChI=1S/C14H9ClN2OS/c15-10-5-2-1-4-9(10)8-11-14(18)17-13(16-11)12-6-3-7-19-12/h1-8H,(H,16,17,18)/b11-8-. The Kier molecular flexibility index (Phi) is 3.19. The Morgan fingerprint density at radius 2 is 2.05 bits per heavy atom. The minimum atomic E-state index is -0.205. The lowest BCUT2D eigenvalue weighted by molar-refractivity contribution is -0.115. The first-order valence-electron chi connectivity index (χ1n) is 5.64. The summed E-state index contributed by atoms with van der Waals surface area (Å²) in [6.07, 6.45) is 1.69. The van der Waals surface area contributed by atoms with E-state index in [4.69, 9.17) is 11.6 Å². The van der Waals surface area contributed by atoms with Gasteiger partial charge < -0.3 is 5.32 Å². The van der Waals surface area contributed by atoms with Gasteiger partial charge in [0.25, 0.3) is 5.91 Å². The predicted molar refractivity (Wildman–Crippen MR) is 78.4 cm³/mol. The lowest BCUT2D eigenvalue weighted by Gasteiger charge is -1.97. The highest BCUT2D eigenvalue weighted by atomic mass is 35.5. The van der Waals surface area contributed by atoms with Gasteiger partial charge in [-0.05, 0) is 29.2 Å². The molecule has 1 aromatic heterocycles. The maximum atomic E-state index is 11.9. The van der Waals surface area contributed by atoms with Gasteiger partial charge in [-0.2, -0.15) is 0 Å². The molecular formula is C14H9ClN2OS. The second-order valence-electron chi connectivity index (χ2n) is 3.94. The summed E-state index contributed by atoms with van der Waals surface area (Å²) in [6.45, 7) is 0. The third-order valence-corrected chi connectivity index (χ3v) is 3.87. The van der Waals surface area contributed by atoms with Crippen LogP contribution in [0.5, 0.6) is 0 Å². The van der Waals surface area contributed by atoms with Crippen LogP contribution in [0.4, 0.5) is 0 Å². The molecule has 2 aromatic rings. The van der Waals surface area contributed by atoms with Gasteiger partial charge in [0.1, 0.15) is 5.70 Å². The molecule has 2 heterocycles. The van der Waals surface area contributed by atoms with Crippen molar-refractivity contribution >= 4 is 40.8 Å². The fourth-order valence-corrected chi connectivity index (χ4v) is 2.60. The first-order valence-corrected chi connectivity index (χ1v) is 6.90. The zero-order valence-corrected chi connectivity index (χ0v) is 11.3. The monoisotopic (exact) mass is 288 g/mol. The molecule has 3 rings (SSSR count). The molecular weight excluding hydrogens is 280 g/mol. The fraction of sp³-hybridized carbons (Fsp3) is 0. The van der Waals surface area contributed by atoms with Crippen LogP contribution in [0.1, 0.15) is 10.4 Å². The topological polar surface area (TPSA) is 41.5 Å². The molecule has 0 bridgehead atoms. The first kappa shape index (κ1) is 12.1. The molecule has 0 saturated carbocycles. The molecule has 1 N–H and O–H groups in total. The Labute approximate surface area is 119 Å². The van der Waals surface area contributed by atoms with Crippen LogP contribution < -0.4 is 5.32 Å². The summed E-state index contributed by atoms with van der Waals surface area (Å²) in [5.41, 5.74) is 1.15. The molecule has 0 radical (unpaired) electrons. The molecule has 19 heavy (non-hydrogen) atoms. The number of hydrogen-bond acceptors (Lipinski definition) is 3. The van der Waals surface area contributed by atoms with Gasteiger partial charge in [-0.1, -0.05) is 35.9 Å². The molecule has 1 amide bonds. The number of thiophene rings is 1. The summed E-state index contributed by atoms with van der Waals surface area (Å²) in [5.74, 6) is 0.390. The van der Waals surface area contributed by atoms with Crippen LogP contribution in [0.15, 0.2) is 52.5 Å². The molecule has 0 fully saturated rings. The third-order valence-electron chi connectivity index (χ3n) is 2.65. The maximum absolute atomic E-state index is 11.9. The van der Waals surface area contributed by atoms with Crippen molar-refractivity contribution < 1.29 is 4.79 Å².